The van der Waals surface area contributed by atoms with Crippen LogP contribution >= 0.6 is 0 Å². The molecule has 0 radical (unpaired) electrons. The molecule has 5 atom stereocenters. The van der Waals surface area contributed by atoms with Crippen LogP contribution in [0.4, 0.5) is 0 Å². The molecule has 86 valence electrons. The summed E-state index contributed by atoms with van der Waals surface area (Å²) in [5.41, 5.74) is 0. The van der Waals surface area contributed by atoms with Crippen LogP contribution in [0.25, 0.3) is 0 Å². The van der Waals surface area contributed by atoms with Gasteiger partial charge in [-0.3, -0.25) is 0 Å². The summed E-state index contributed by atoms with van der Waals surface area (Å²) in [4.78, 5) is 2.36. The van der Waals surface area contributed by atoms with Gasteiger partial charge in [0.25, 0.3) is 0 Å². The lowest BCUT2D eigenvalue weighted by Gasteiger charge is -2.32. The van der Waals surface area contributed by atoms with Crippen LogP contribution in [0.15, 0.2) is 0 Å². The van der Waals surface area contributed by atoms with Crippen LogP contribution in [0, 0.1) is 29.6 Å². The molecule has 0 N–H and O–H groups in total. The van der Waals surface area contributed by atoms with Gasteiger partial charge >= 0.3 is 0 Å². The minimum atomic E-state index is 1.09. The molecule has 0 amide bonds. The van der Waals surface area contributed by atoms with E-state index in [2.05, 4.69) is 19.0 Å². The van der Waals surface area contributed by atoms with E-state index < -0.39 is 0 Å². The lowest BCUT2D eigenvalue weighted by atomic mass is 9.74. The van der Waals surface area contributed by atoms with Gasteiger partial charge in [-0.25, -0.2) is 0 Å². The van der Waals surface area contributed by atoms with E-state index in [0.717, 1.165) is 23.7 Å². The monoisotopic (exact) mass is 207 g/mol. The highest BCUT2D eigenvalue weighted by Gasteiger charge is 2.53. The third-order valence-electron chi connectivity index (χ3n) is 5.51. The molecule has 0 aromatic heterocycles. The Morgan fingerprint density at radius 1 is 1.00 bits per heavy atom. The maximum atomic E-state index is 2.36. The Balaban J connectivity index is 1.61. The number of hydrogen-bond donors (Lipinski definition) is 0. The number of fused-ring (bicyclic) bond motifs is 5. The van der Waals surface area contributed by atoms with Gasteiger partial charge < -0.3 is 4.90 Å². The first-order valence-corrected chi connectivity index (χ1v) is 6.90. The minimum Gasteiger partial charge on any atom is -0.309 e. The summed E-state index contributed by atoms with van der Waals surface area (Å²) in [6.07, 6.45) is 9.35. The van der Waals surface area contributed by atoms with Gasteiger partial charge in [0.1, 0.15) is 0 Å². The minimum absolute atomic E-state index is 1.09. The van der Waals surface area contributed by atoms with Crippen molar-refractivity contribution in [3.05, 3.63) is 0 Å². The van der Waals surface area contributed by atoms with E-state index in [4.69, 9.17) is 0 Å². The first kappa shape index (κ1) is 10.1. The van der Waals surface area contributed by atoms with Crippen molar-refractivity contribution >= 4 is 0 Å². The average molecular weight is 207 g/mol. The van der Waals surface area contributed by atoms with Gasteiger partial charge in [-0.2, -0.15) is 0 Å². The molecule has 3 fully saturated rings. The molecule has 15 heavy (non-hydrogen) atoms. The third kappa shape index (κ3) is 1.63. The lowest BCUT2D eigenvalue weighted by Crippen LogP contribution is -2.27. The Hall–Kier alpha value is -0.0400. The van der Waals surface area contributed by atoms with Gasteiger partial charge in [0, 0.05) is 0 Å². The van der Waals surface area contributed by atoms with E-state index in [-0.39, 0.29) is 0 Å². The maximum absolute atomic E-state index is 2.36. The van der Waals surface area contributed by atoms with Crippen molar-refractivity contribution in [1.82, 2.24) is 4.90 Å². The first-order valence-electron chi connectivity index (χ1n) is 6.90. The van der Waals surface area contributed by atoms with Gasteiger partial charge in [-0.15, -0.1) is 0 Å². The van der Waals surface area contributed by atoms with Crippen molar-refractivity contribution in [3.63, 3.8) is 0 Å². The second kappa shape index (κ2) is 3.76. The fraction of sp³-hybridized carbons (Fsp3) is 1.00. The summed E-state index contributed by atoms with van der Waals surface area (Å²) in [7, 11) is 4.43. The maximum Gasteiger partial charge on any atom is -0.00221 e. The van der Waals surface area contributed by atoms with Gasteiger partial charge in [0.15, 0.2) is 0 Å². The van der Waals surface area contributed by atoms with E-state index in [1.165, 1.54) is 18.9 Å². The number of nitrogens with zero attached hydrogens (tertiary/aromatic N) is 1. The van der Waals surface area contributed by atoms with E-state index in [9.17, 15) is 0 Å². The van der Waals surface area contributed by atoms with Gasteiger partial charge in [-0.1, -0.05) is 6.42 Å². The molecular formula is C14H25N. The van der Waals surface area contributed by atoms with Crippen LogP contribution in [0.3, 0.4) is 0 Å². The Labute approximate surface area is 94.2 Å². The normalized spacial score (nSPS) is 47.8. The molecule has 2 bridgehead atoms. The molecule has 1 heteroatoms. The molecule has 3 aliphatic rings. The number of hydrogen-bond acceptors (Lipinski definition) is 1. The van der Waals surface area contributed by atoms with Crippen LogP contribution in [0.2, 0.25) is 0 Å². The zero-order chi connectivity index (χ0) is 10.4. The van der Waals surface area contributed by atoms with Crippen LogP contribution in [0.5, 0.6) is 0 Å². The van der Waals surface area contributed by atoms with Crippen molar-refractivity contribution < 1.29 is 0 Å². The second-order valence-corrected chi connectivity index (χ2v) is 6.51. The molecule has 0 aromatic rings. The van der Waals surface area contributed by atoms with E-state index in [0.29, 0.717) is 0 Å². The highest BCUT2D eigenvalue weighted by molar-refractivity contribution is 5.02. The first-order chi connectivity index (χ1) is 7.25. The van der Waals surface area contributed by atoms with Crippen molar-refractivity contribution in [2.75, 3.05) is 20.6 Å². The molecule has 0 spiro atoms. The average Bonchev–Trinajstić information content (AvgIpc) is 2.86. The smallest absolute Gasteiger partial charge is 0.00221 e. The Morgan fingerprint density at radius 3 is 2.60 bits per heavy atom. The Kier molecular flexibility index (Phi) is 2.54. The molecular weight excluding hydrogens is 182 g/mol. The molecule has 3 saturated carbocycles. The highest BCUT2D eigenvalue weighted by Crippen LogP contribution is 2.61. The largest absolute Gasteiger partial charge is 0.309 e. The standard InChI is InChI=1S/C14H25N/c1-15(2)7-6-10-8-11-9-14(10)13-5-3-4-12(11)13/h10-14H,3-9H2,1-2H3. The lowest BCUT2D eigenvalue weighted by molar-refractivity contribution is 0.171. The van der Waals surface area contributed by atoms with Gasteiger partial charge in [0.2, 0.25) is 0 Å². The van der Waals surface area contributed by atoms with Crippen molar-refractivity contribution in [2.45, 2.75) is 38.5 Å². The van der Waals surface area contributed by atoms with Gasteiger partial charge in [0.05, 0.1) is 0 Å². The quantitative estimate of drug-likeness (QED) is 0.687. The summed E-state index contributed by atoms with van der Waals surface area (Å²) < 4.78 is 0. The highest BCUT2D eigenvalue weighted by atomic mass is 15.0. The van der Waals surface area contributed by atoms with Crippen molar-refractivity contribution in [1.29, 1.82) is 0 Å². The molecule has 0 aliphatic heterocycles. The topological polar surface area (TPSA) is 3.24 Å². The number of rotatable bonds is 3. The molecule has 0 saturated heterocycles. The fourth-order valence-corrected chi connectivity index (χ4v) is 4.97. The third-order valence-corrected chi connectivity index (χ3v) is 5.51. The molecule has 0 heterocycles. The predicted octanol–water partition coefficient (Wildman–Crippen LogP) is 3.01. The second-order valence-electron chi connectivity index (χ2n) is 6.51. The van der Waals surface area contributed by atoms with Crippen LogP contribution in [0.1, 0.15) is 38.5 Å². The SMILES string of the molecule is CN(C)CCC1CC2CC1C1CCCC21. The molecule has 0 aromatic carbocycles. The van der Waals surface area contributed by atoms with Crippen molar-refractivity contribution in [3.8, 4) is 0 Å². The summed E-state index contributed by atoms with van der Waals surface area (Å²) in [5.74, 6) is 5.72. The summed E-state index contributed by atoms with van der Waals surface area (Å²) in [5, 5.41) is 0. The van der Waals surface area contributed by atoms with E-state index in [1.54, 1.807) is 32.1 Å². The van der Waals surface area contributed by atoms with Crippen molar-refractivity contribution in [2.24, 2.45) is 29.6 Å². The zero-order valence-corrected chi connectivity index (χ0v) is 10.3. The summed E-state index contributed by atoms with van der Waals surface area (Å²) in [6, 6.07) is 0. The predicted molar refractivity (Wildman–Crippen MR) is 63.7 cm³/mol. The molecule has 5 unspecified atom stereocenters. The Morgan fingerprint density at radius 2 is 1.80 bits per heavy atom. The molecule has 3 aliphatic carbocycles. The van der Waals surface area contributed by atoms with E-state index >= 15 is 0 Å². The zero-order valence-electron chi connectivity index (χ0n) is 10.3. The van der Waals surface area contributed by atoms with Crippen LogP contribution in [-0.4, -0.2) is 25.5 Å². The summed E-state index contributed by atoms with van der Waals surface area (Å²) in [6.45, 7) is 1.31. The molecule has 1 nitrogen and oxygen atoms in total. The Bertz CT molecular complexity index is 235. The van der Waals surface area contributed by atoms with Gasteiger partial charge in [-0.05, 0) is 82.3 Å². The molecule has 3 rings (SSSR count). The van der Waals surface area contributed by atoms with E-state index in [1.807, 2.05) is 0 Å². The summed E-state index contributed by atoms with van der Waals surface area (Å²) >= 11 is 0. The van der Waals surface area contributed by atoms with Crippen LogP contribution in [-0.2, 0) is 0 Å². The fourth-order valence-electron chi connectivity index (χ4n) is 4.97. The van der Waals surface area contributed by atoms with Crippen LogP contribution < -0.4 is 0 Å².